The van der Waals surface area contributed by atoms with Gasteiger partial charge in [-0.3, -0.25) is 9.59 Å². The molecule has 2 N–H and O–H groups in total. The second-order valence-corrected chi connectivity index (χ2v) is 8.46. The van der Waals surface area contributed by atoms with Gasteiger partial charge in [0.05, 0.1) is 11.6 Å². The van der Waals surface area contributed by atoms with Crippen LogP contribution in [0.1, 0.15) is 35.2 Å². The number of fused-ring (bicyclic) bond motifs is 1. The van der Waals surface area contributed by atoms with Gasteiger partial charge in [-0.1, -0.05) is 42.5 Å². The first-order valence-electron chi connectivity index (χ1n) is 10.8. The van der Waals surface area contributed by atoms with Gasteiger partial charge in [0, 0.05) is 18.5 Å². The number of benzene rings is 3. The van der Waals surface area contributed by atoms with Crippen molar-refractivity contribution in [2.75, 3.05) is 0 Å². The largest absolute Gasteiger partial charge is 0.508 e. The Kier molecular flexibility index (Phi) is 5.13. The molecule has 1 amide bonds. The molecule has 0 unspecified atom stereocenters. The summed E-state index contributed by atoms with van der Waals surface area (Å²) < 4.78 is 5.74. The monoisotopic (exact) mass is 441 g/mol. The van der Waals surface area contributed by atoms with E-state index in [2.05, 4.69) is 0 Å². The zero-order chi connectivity index (χ0) is 23.1. The van der Waals surface area contributed by atoms with Crippen LogP contribution in [-0.2, 0) is 22.6 Å². The van der Waals surface area contributed by atoms with E-state index in [-0.39, 0.29) is 29.7 Å². The van der Waals surface area contributed by atoms with E-state index in [0.29, 0.717) is 17.5 Å². The summed E-state index contributed by atoms with van der Waals surface area (Å²) in [5.74, 6) is -0.900. The van der Waals surface area contributed by atoms with E-state index in [9.17, 15) is 19.8 Å². The number of hydrogen-bond acceptors (Lipinski definition) is 5. The van der Waals surface area contributed by atoms with Crippen LogP contribution >= 0.6 is 0 Å². The molecule has 0 radical (unpaired) electrons. The number of aliphatic hydroxyl groups excluding tert-OH is 1. The number of aromatic hydroxyl groups is 1. The fourth-order valence-electron chi connectivity index (χ4n) is 4.59. The minimum absolute atomic E-state index is 0.00782. The summed E-state index contributed by atoms with van der Waals surface area (Å²) in [6.07, 6.45) is 0.746. The van der Waals surface area contributed by atoms with Gasteiger partial charge in [-0.05, 0) is 53.9 Å². The molecule has 2 atom stereocenters. The highest BCUT2D eigenvalue weighted by atomic mass is 16.5. The van der Waals surface area contributed by atoms with E-state index in [1.165, 1.54) is 17.0 Å². The third-order valence-electron chi connectivity index (χ3n) is 6.09. The number of carbonyl (C=O) groups excluding carboxylic acids is 2. The number of amides is 1. The number of likely N-dealkylation sites (tertiary alicyclic amines) is 1. The molecular formula is C27H23NO5. The van der Waals surface area contributed by atoms with Crippen molar-refractivity contribution < 1.29 is 24.5 Å². The molecule has 1 fully saturated rings. The second kappa shape index (κ2) is 8.13. The summed E-state index contributed by atoms with van der Waals surface area (Å²) in [5, 5.41) is 21.3. The van der Waals surface area contributed by atoms with E-state index < -0.39 is 17.7 Å². The summed E-state index contributed by atoms with van der Waals surface area (Å²) in [6, 6.07) is 20.2. The van der Waals surface area contributed by atoms with Crippen LogP contribution in [0.2, 0.25) is 0 Å². The third kappa shape index (κ3) is 3.74. The van der Waals surface area contributed by atoms with Gasteiger partial charge in [0.15, 0.2) is 0 Å². The summed E-state index contributed by atoms with van der Waals surface area (Å²) in [7, 11) is 0. The van der Waals surface area contributed by atoms with Crippen LogP contribution in [0.4, 0.5) is 0 Å². The van der Waals surface area contributed by atoms with Crippen molar-refractivity contribution >= 4 is 17.4 Å². The molecule has 1 saturated heterocycles. The molecule has 0 spiro atoms. The Morgan fingerprint density at radius 3 is 2.58 bits per heavy atom. The number of hydrogen-bond donors (Lipinski definition) is 2. The molecule has 5 rings (SSSR count). The average molecular weight is 441 g/mol. The van der Waals surface area contributed by atoms with Crippen LogP contribution in [0, 0.1) is 0 Å². The van der Waals surface area contributed by atoms with Gasteiger partial charge in [-0.25, -0.2) is 0 Å². The van der Waals surface area contributed by atoms with Gasteiger partial charge < -0.3 is 19.8 Å². The summed E-state index contributed by atoms with van der Waals surface area (Å²) >= 11 is 0. The van der Waals surface area contributed by atoms with Crippen molar-refractivity contribution in [1.29, 1.82) is 0 Å². The molecule has 0 saturated carbocycles. The van der Waals surface area contributed by atoms with E-state index >= 15 is 0 Å². The van der Waals surface area contributed by atoms with Crippen LogP contribution in [0.3, 0.4) is 0 Å². The van der Waals surface area contributed by atoms with E-state index in [1.807, 2.05) is 37.3 Å². The zero-order valence-electron chi connectivity index (χ0n) is 18.1. The quantitative estimate of drug-likeness (QED) is 0.357. The van der Waals surface area contributed by atoms with Gasteiger partial charge in [-0.2, -0.15) is 0 Å². The molecule has 33 heavy (non-hydrogen) atoms. The minimum atomic E-state index is -0.833. The first-order chi connectivity index (χ1) is 15.9. The topological polar surface area (TPSA) is 87.1 Å². The fourth-order valence-corrected chi connectivity index (χ4v) is 4.59. The first-order valence-corrected chi connectivity index (χ1v) is 10.8. The summed E-state index contributed by atoms with van der Waals surface area (Å²) in [6.45, 7) is 2.16. The standard InChI is InChI=1S/C27H23NO5/c1-16-12-20-13-19(10-11-22(20)33-16)25(30)23-24(18-8-5-9-21(29)14-18)28(27(32)26(23)31)15-17-6-3-2-4-7-17/h2-11,13-14,16,24,29-30H,12,15H2,1H3/t16-,24+/m0/s1. The van der Waals surface area contributed by atoms with Crippen molar-refractivity contribution in [3.63, 3.8) is 0 Å². The van der Waals surface area contributed by atoms with Crippen molar-refractivity contribution in [2.24, 2.45) is 0 Å². The minimum Gasteiger partial charge on any atom is -0.508 e. The lowest BCUT2D eigenvalue weighted by Gasteiger charge is -2.25. The van der Waals surface area contributed by atoms with Gasteiger partial charge in [0.1, 0.15) is 23.4 Å². The van der Waals surface area contributed by atoms with Crippen LogP contribution in [-0.4, -0.2) is 32.9 Å². The molecule has 166 valence electrons. The Morgan fingerprint density at radius 1 is 1.03 bits per heavy atom. The lowest BCUT2D eigenvalue weighted by atomic mass is 9.94. The number of ether oxygens (including phenoxy) is 1. The van der Waals surface area contributed by atoms with Gasteiger partial charge in [0.25, 0.3) is 11.7 Å². The number of ketones is 1. The van der Waals surface area contributed by atoms with Crippen molar-refractivity contribution in [3.05, 3.63) is 101 Å². The summed E-state index contributed by atoms with van der Waals surface area (Å²) in [4.78, 5) is 27.7. The third-order valence-corrected chi connectivity index (χ3v) is 6.09. The zero-order valence-corrected chi connectivity index (χ0v) is 18.1. The second-order valence-electron chi connectivity index (χ2n) is 8.46. The maximum absolute atomic E-state index is 13.2. The Morgan fingerprint density at radius 2 is 1.82 bits per heavy atom. The Bertz CT molecular complexity index is 1280. The van der Waals surface area contributed by atoms with Crippen LogP contribution in [0.5, 0.6) is 11.5 Å². The summed E-state index contributed by atoms with van der Waals surface area (Å²) in [5.41, 5.74) is 2.81. The molecule has 3 aromatic carbocycles. The van der Waals surface area contributed by atoms with Crippen molar-refractivity contribution in [2.45, 2.75) is 32.0 Å². The lowest BCUT2D eigenvalue weighted by molar-refractivity contribution is -0.140. The predicted molar refractivity (Wildman–Crippen MR) is 123 cm³/mol. The average Bonchev–Trinajstić information content (AvgIpc) is 3.30. The molecule has 6 heteroatoms. The Hall–Kier alpha value is -4.06. The van der Waals surface area contributed by atoms with Crippen LogP contribution < -0.4 is 4.74 Å². The number of Topliss-reactive ketones (excluding diaryl/α,β-unsaturated/α-hetero) is 1. The predicted octanol–water partition coefficient (Wildman–Crippen LogP) is 4.34. The molecule has 0 aliphatic carbocycles. The Labute approximate surface area is 191 Å². The van der Waals surface area contributed by atoms with Crippen LogP contribution in [0.15, 0.2) is 78.4 Å². The number of rotatable bonds is 4. The molecule has 0 bridgehead atoms. The van der Waals surface area contributed by atoms with Crippen molar-refractivity contribution in [1.82, 2.24) is 4.90 Å². The maximum Gasteiger partial charge on any atom is 0.295 e. The maximum atomic E-state index is 13.2. The fraction of sp³-hybridized carbons (Fsp3) is 0.185. The van der Waals surface area contributed by atoms with Gasteiger partial charge >= 0.3 is 0 Å². The highest BCUT2D eigenvalue weighted by Gasteiger charge is 2.46. The van der Waals surface area contributed by atoms with Crippen LogP contribution in [0.25, 0.3) is 5.76 Å². The van der Waals surface area contributed by atoms with Gasteiger partial charge in [-0.15, -0.1) is 0 Å². The Balaban J connectivity index is 1.64. The highest BCUT2D eigenvalue weighted by Crippen LogP contribution is 2.42. The number of carbonyl (C=O) groups is 2. The van der Waals surface area contributed by atoms with Crippen molar-refractivity contribution in [3.8, 4) is 11.5 Å². The van der Waals surface area contributed by atoms with E-state index in [0.717, 1.165) is 16.9 Å². The highest BCUT2D eigenvalue weighted by molar-refractivity contribution is 6.46. The SMILES string of the molecule is C[C@H]1Cc2cc(C(O)=C3C(=O)C(=O)N(Cc4ccccc4)[C@@H]3c3cccc(O)c3)ccc2O1. The number of nitrogens with zero attached hydrogens (tertiary/aromatic N) is 1. The number of aliphatic hydroxyl groups is 1. The lowest BCUT2D eigenvalue weighted by Crippen LogP contribution is -2.29. The molecule has 6 nitrogen and oxygen atoms in total. The normalized spacial score (nSPS) is 21.2. The first kappa shape index (κ1) is 20.8. The molecule has 2 aliphatic heterocycles. The van der Waals surface area contributed by atoms with Gasteiger partial charge in [0.2, 0.25) is 0 Å². The molecule has 0 aromatic heterocycles. The smallest absolute Gasteiger partial charge is 0.295 e. The van der Waals surface area contributed by atoms with E-state index in [4.69, 9.17) is 4.74 Å². The molecule has 3 aromatic rings. The molecule has 2 heterocycles. The number of phenols is 1. The molecule has 2 aliphatic rings. The van der Waals surface area contributed by atoms with E-state index in [1.54, 1.807) is 30.3 Å². The number of phenolic OH excluding ortho intramolecular Hbond substituents is 1. The molecular weight excluding hydrogens is 418 g/mol.